The number of aromatic nitrogens is 1. The summed E-state index contributed by atoms with van der Waals surface area (Å²) in [7, 11) is 0. The van der Waals surface area contributed by atoms with Gasteiger partial charge in [-0.2, -0.15) is 0 Å². The molecule has 0 unspecified atom stereocenters. The zero-order valence-corrected chi connectivity index (χ0v) is 21.4. The molecule has 2 saturated heterocycles. The Morgan fingerprint density at radius 1 is 0.853 bits per heavy atom. The van der Waals surface area contributed by atoms with Crippen LogP contribution in [0.25, 0.3) is 0 Å². The Kier molecular flexibility index (Phi) is 7.83. The van der Waals surface area contributed by atoms with E-state index in [1.54, 1.807) is 4.90 Å². The van der Waals surface area contributed by atoms with Gasteiger partial charge >= 0.3 is 12.2 Å². The summed E-state index contributed by atoms with van der Waals surface area (Å²) >= 11 is 0. The van der Waals surface area contributed by atoms with Gasteiger partial charge in [-0.05, 0) is 79.4 Å². The highest BCUT2D eigenvalue weighted by molar-refractivity contribution is 5.93. The lowest BCUT2D eigenvalue weighted by Gasteiger charge is -2.36. The number of piperidine rings is 2. The van der Waals surface area contributed by atoms with Crippen molar-refractivity contribution in [2.24, 2.45) is 0 Å². The van der Waals surface area contributed by atoms with Gasteiger partial charge in [0.15, 0.2) is 0 Å². The molecule has 2 aliphatic heterocycles. The minimum Gasteiger partial charge on any atom is -0.444 e. The van der Waals surface area contributed by atoms with Gasteiger partial charge in [-0.1, -0.05) is 0 Å². The van der Waals surface area contributed by atoms with Gasteiger partial charge in [-0.25, -0.2) is 9.59 Å². The second-order valence-electron chi connectivity index (χ2n) is 11.2. The summed E-state index contributed by atoms with van der Waals surface area (Å²) < 4.78 is 12.9. The minimum absolute atomic E-state index is 0.00265. The molecule has 2 aliphatic rings. The van der Waals surface area contributed by atoms with Gasteiger partial charge in [0.05, 0.1) is 0 Å². The molecule has 0 atom stereocenters. The van der Waals surface area contributed by atoms with Crippen LogP contribution in [0.3, 0.4) is 0 Å². The number of carbonyl (C=O) groups is 3. The molecule has 1 aromatic rings. The lowest BCUT2D eigenvalue weighted by molar-refractivity contribution is 0.0185. The third-order valence-corrected chi connectivity index (χ3v) is 6.01. The number of nitrogens with zero attached hydrogens (tertiary/aromatic N) is 3. The first-order valence-electron chi connectivity index (χ1n) is 12.3. The number of hydrogen-bond acceptors (Lipinski definition) is 5. The van der Waals surface area contributed by atoms with Crippen molar-refractivity contribution in [2.45, 2.75) is 90.5 Å². The number of hydrogen-bond donors (Lipinski definition) is 1. The molecular weight excluding hydrogens is 436 g/mol. The van der Waals surface area contributed by atoms with Crippen LogP contribution in [0.1, 0.15) is 83.8 Å². The highest BCUT2D eigenvalue weighted by Gasteiger charge is 2.31. The zero-order chi connectivity index (χ0) is 25.1. The van der Waals surface area contributed by atoms with Gasteiger partial charge in [-0.3, -0.25) is 4.79 Å². The van der Waals surface area contributed by atoms with Gasteiger partial charge < -0.3 is 29.2 Å². The number of alkyl carbamates (subject to hydrolysis) is 1. The van der Waals surface area contributed by atoms with Crippen LogP contribution in [0.4, 0.5) is 9.59 Å². The summed E-state index contributed by atoms with van der Waals surface area (Å²) in [5.74, 6) is 0.00953. The van der Waals surface area contributed by atoms with Crippen molar-refractivity contribution in [2.75, 3.05) is 26.2 Å². The molecule has 1 N–H and O–H groups in total. The van der Waals surface area contributed by atoms with Crippen LogP contribution in [0.5, 0.6) is 0 Å². The van der Waals surface area contributed by atoms with Crippen LogP contribution >= 0.6 is 0 Å². The molecule has 34 heavy (non-hydrogen) atoms. The number of rotatable bonds is 3. The molecule has 3 amide bonds. The number of ether oxygens (including phenoxy) is 2. The highest BCUT2D eigenvalue weighted by atomic mass is 16.6. The monoisotopic (exact) mass is 476 g/mol. The fraction of sp³-hybridized carbons (Fsp3) is 0.720. The van der Waals surface area contributed by atoms with Crippen molar-refractivity contribution in [1.29, 1.82) is 0 Å². The van der Waals surface area contributed by atoms with E-state index in [1.807, 2.05) is 64.8 Å². The molecule has 9 nitrogen and oxygen atoms in total. The van der Waals surface area contributed by atoms with Crippen LogP contribution in [0, 0.1) is 0 Å². The lowest BCUT2D eigenvalue weighted by atomic mass is 10.0. The number of likely N-dealkylation sites (tertiary alicyclic amines) is 2. The normalized spacial score (nSPS) is 18.5. The number of carbonyl (C=O) groups excluding carboxylic acids is 3. The quantitative estimate of drug-likeness (QED) is 0.706. The van der Waals surface area contributed by atoms with E-state index in [1.165, 1.54) is 0 Å². The topological polar surface area (TPSA) is 93.1 Å². The maximum atomic E-state index is 13.3. The Morgan fingerprint density at radius 3 is 1.97 bits per heavy atom. The highest BCUT2D eigenvalue weighted by Crippen LogP contribution is 2.27. The fourth-order valence-electron chi connectivity index (χ4n) is 4.41. The van der Waals surface area contributed by atoms with E-state index in [2.05, 4.69) is 9.88 Å². The van der Waals surface area contributed by atoms with Crippen LogP contribution in [0.15, 0.2) is 18.3 Å². The molecule has 0 bridgehead atoms. The zero-order valence-electron chi connectivity index (χ0n) is 21.4. The van der Waals surface area contributed by atoms with E-state index in [0.29, 0.717) is 44.7 Å². The average molecular weight is 477 g/mol. The molecule has 0 saturated carbocycles. The summed E-state index contributed by atoms with van der Waals surface area (Å²) in [6.45, 7) is 13.5. The van der Waals surface area contributed by atoms with E-state index < -0.39 is 17.3 Å². The van der Waals surface area contributed by atoms with E-state index in [-0.39, 0.29) is 24.1 Å². The van der Waals surface area contributed by atoms with Crippen LogP contribution in [0.2, 0.25) is 0 Å². The Bertz CT molecular complexity index is 867. The van der Waals surface area contributed by atoms with Crippen LogP contribution < -0.4 is 5.32 Å². The van der Waals surface area contributed by atoms with E-state index in [0.717, 1.165) is 12.8 Å². The predicted octanol–water partition coefficient (Wildman–Crippen LogP) is 4.19. The molecule has 2 fully saturated rings. The van der Waals surface area contributed by atoms with Crippen molar-refractivity contribution in [1.82, 2.24) is 19.7 Å². The molecule has 0 radical (unpaired) electrons. The van der Waals surface area contributed by atoms with Gasteiger partial charge in [0.25, 0.3) is 5.91 Å². The molecular formula is C25H40N4O5. The third kappa shape index (κ3) is 7.14. The average Bonchev–Trinajstić information content (AvgIpc) is 3.21. The second-order valence-corrected chi connectivity index (χ2v) is 11.2. The standard InChI is InChI=1S/C25H40N4O5/c1-24(2,3)33-22(31)26-18-9-14-27(15-10-18)21(30)20-8-7-13-29(20)19-11-16-28(17-12-19)23(32)34-25(4,5)6/h7-8,13,18-19H,9-12,14-17H2,1-6H3,(H,26,31). The SMILES string of the molecule is CC(C)(C)OC(=O)NC1CCN(C(=O)c2cccn2C2CCN(C(=O)OC(C)(C)C)CC2)CC1. The molecule has 0 aromatic carbocycles. The van der Waals surface area contributed by atoms with Crippen molar-refractivity contribution in [3.63, 3.8) is 0 Å². The Morgan fingerprint density at radius 2 is 1.41 bits per heavy atom. The first-order chi connectivity index (χ1) is 15.8. The first kappa shape index (κ1) is 25.9. The van der Waals surface area contributed by atoms with Gasteiger partial charge in [0.1, 0.15) is 16.9 Å². The maximum Gasteiger partial charge on any atom is 0.410 e. The second kappa shape index (κ2) is 10.3. The van der Waals surface area contributed by atoms with Crippen molar-refractivity contribution < 1.29 is 23.9 Å². The minimum atomic E-state index is -0.533. The Labute approximate surface area is 202 Å². The summed E-state index contributed by atoms with van der Waals surface area (Å²) in [5, 5.41) is 2.91. The van der Waals surface area contributed by atoms with Crippen LogP contribution in [-0.2, 0) is 9.47 Å². The van der Waals surface area contributed by atoms with Crippen molar-refractivity contribution in [3.8, 4) is 0 Å². The summed E-state index contributed by atoms with van der Waals surface area (Å²) in [5.41, 5.74) is -0.367. The third-order valence-electron chi connectivity index (χ3n) is 6.01. The van der Waals surface area contributed by atoms with Crippen LogP contribution in [-0.4, -0.2) is 75.9 Å². The van der Waals surface area contributed by atoms with Crippen molar-refractivity contribution >= 4 is 18.1 Å². The fourth-order valence-corrected chi connectivity index (χ4v) is 4.41. The van der Waals surface area contributed by atoms with E-state index in [9.17, 15) is 14.4 Å². The van der Waals surface area contributed by atoms with Crippen molar-refractivity contribution in [3.05, 3.63) is 24.0 Å². The molecule has 3 rings (SSSR count). The number of nitrogens with one attached hydrogen (secondary N) is 1. The molecule has 190 valence electrons. The van der Waals surface area contributed by atoms with E-state index >= 15 is 0 Å². The largest absolute Gasteiger partial charge is 0.444 e. The van der Waals surface area contributed by atoms with Gasteiger partial charge in [0, 0.05) is 44.5 Å². The first-order valence-corrected chi connectivity index (χ1v) is 12.3. The summed E-state index contributed by atoms with van der Waals surface area (Å²) in [4.78, 5) is 41.3. The molecule has 0 spiro atoms. The predicted molar refractivity (Wildman–Crippen MR) is 129 cm³/mol. The molecule has 0 aliphatic carbocycles. The summed E-state index contributed by atoms with van der Waals surface area (Å²) in [6, 6.07) is 3.94. The Balaban J connectivity index is 1.52. The smallest absolute Gasteiger partial charge is 0.410 e. The summed E-state index contributed by atoms with van der Waals surface area (Å²) in [6.07, 6.45) is 4.20. The molecule has 1 aromatic heterocycles. The van der Waals surface area contributed by atoms with Gasteiger partial charge in [-0.15, -0.1) is 0 Å². The lowest BCUT2D eigenvalue weighted by Crippen LogP contribution is -2.48. The Hall–Kier alpha value is -2.71. The van der Waals surface area contributed by atoms with E-state index in [4.69, 9.17) is 9.47 Å². The molecule has 9 heteroatoms. The van der Waals surface area contributed by atoms with Gasteiger partial charge in [0.2, 0.25) is 0 Å². The number of amides is 3. The molecule has 3 heterocycles. The maximum absolute atomic E-state index is 13.3.